The molecule has 1 amide bonds. The Kier molecular flexibility index (Phi) is 6.37. The topological polar surface area (TPSA) is 47.4 Å². The Morgan fingerprint density at radius 1 is 1.15 bits per heavy atom. The molecule has 0 aliphatic carbocycles. The number of nitrogens with zero attached hydrogens (tertiary/aromatic N) is 3. The van der Waals surface area contributed by atoms with Crippen LogP contribution in [0.1, 0.15) is 11.1 Å². The normalized spacial score (nSPS) is 10.6. The minimum absolute atomic E-state index is 0.101. The smallest absolute Gasteiger partial charge is 0.260 e. The van der Waals surface area contributed by atoms with Crippen molar-refractivity contribution in [1.82, 2.24) is 14.7 Å². The number of carbonyl (C=O) groups excluding carboxylic acids is 1. The monoisotopic (exact) mass is 403 g/mol. The van der Waals surface area contributed by atoms with Gasteiger partial charge >= 0.3 is 0 Å². The molecular formula is C20H19Cl2N3O2. The number of rotatable bonds is 7. The van der Waals surface area contributed by atoms with Crippen LogP contribution in [0.2, 0.25) is 10.0 Å². The summed E-state index contributed by atoms with van der Waals surface area (Å²) in [7, 11) is 1.73. The van der Waals surface area contributed by atoms with Crippen molar-refractivity contribution in [1.29, 1.82) is 0 Å². The Morgan fingerprint density at radius 2 is 1.93 bits per heavy atom. The van der Waals surface area contributed by atoms with Crippen LogP contribution in [-0.4, -0.2) is 34.2 Å². The lowest BCUT2D eigenvalue weighted by Gasteiger charge is -2.17. The summed E-state index contributed by atoms with van der Waals surface area (Å²) >= 11 is 11.9. The van der Waals surface area contributed by atoms with E-state index in [0.717, 1.165) is 5.56 Å². The lowest BCUT2D eigenvalue weighted by atomic mass is 10.2. The number of likely N-dealkylation sites (N-methyl/N-ethyl adjacent to an activating group) is 1. The zero-order valence-corrected chi connectivity index (χ0v) is 16.3. The van der Waals surface area contributed by atoms with E-state index in [9.17, 15) is 4.79 Å². The van der Waals surface area contributed by atoms with Gasteiger partial charge in [0.05, 0.1) is 17.8 Å². The summed E-state index contributed by atoms with van der Waals surface area (Å²) in [6, 6.07) is 15.0. The fourth-order valence-electron chi connectivity index (χ4n) is 2.55. The van der Waals surface area contributed by atoms with Crippen molar-refractivity contribution < 1.29 is 9.53 Å². The van der Waals surface area contributed by atoms with Crippen LogP contribution in [0.15, 0.2) is 60.9 Å². The molecular weight excluding hydrogens is 385 g/mol. The second-order valence-electron chi connectivity index (χ2n) is 6.14. The van der Waals surface area contributed by atoms with E-state index in [0.29, 0.717) is 28.9 Å². The quantitative estimate of drug-likeness (QED) is 0.591. The maximum atomic E-state index is 12.3. The van der Waals surface area contributed by atoms with Crippen LogP contribution < -0.4 is 4.74 Å². The molecule has 0 N–H and O–H groups in total. The largest absolute Gasteiger partial charge is 0.482 e. The van der Waals surface area contributed by atoms with E-state index < -0.39 is 0 Å². The van der Waals surface area contributed by atoms with E-state index in [2.05, 4.69) is 17.2 Å². The molecule has 0 radical (unpaired) electrons. The van der Waals surface area contributed by atoms with Crippen molar-refractivity contribution in [3.8, 4) is 5.75 Å². The Labute approximate surface area is 168 Å². The van der Waals surface area contributed by atoms with Gasteiger partial charge in [0, 0.05) is 30.4 Å². The Hall–Kier alpha value is -2.50. The average Bonchev–Trinajstić information content (AvgIpc) is 3.08. The lowest BCUT2D eigenvalue weighted by molar-refractivity contribution is -0.132. The number of hydrogen-bond donors (Lipinski definition) is 0. The Bertz CT molecular complexity index is 913. The van der Waals surface area contributed by atoms with Crippen molar-refractivity contribution in [2.45, 2.75) is 13.1 Å². The highest BCUT2D eigenvalue weighted by atomic mass is 35.5. The highest BCUT2D eigenvalue weighted by molar-refractivity contribution is 6.35. The number of halogens is 2. The first kappa shape index (κ1) is 19.3. The van der Waals surface area contributed by atoms with Crippen LogP contribution in [0.5, 0.6) is 5.75 Å². The molecule has 0 fully saturated rings. The highest BCUT2D eigenvalue weighted by Crippen LogP contribution is 2.27. The summed E-state index contributed by atoms with van der Waals surface area (Å²) < 4.78 is 7.35. The molecule has 0 atom stereocenters. The van der Waals surface area contributed by atoms with Crippen LogP contribution in [0.25, 0.3) is 0 Å². The second kappa shape index (κ2) is 8.93. The highest BCUT2D eigenvalue weighted by Gasteiger charge is 2.13. The predicted octanol–water partition coefficient (Wildman–Crippen LogP) is 4.28. The van der Waals surface area contributed by atoms with Crippen molar-refractivity contribution in [2.75, 3.05) is 13.7 Å². The molecule has 27 heavy (non-hydrogen) atoms. The summed E-state index contributed by atoms with van der Waals surface area (Å²) in [5.41, 5.74) is 2.12. The van der Waals surface area contributed by atoms with Crippen LogP contribution >= 0.6 is 23.2 Å². The summed E-state index contributed by atoms with van der Waals surface area (Å²) in [6.07, 6.45) is 3.71. The molecule has 0 unspecified atom stereocenters. The van der Waals surface area contributed by atoms with Gasteiger partial charge in [-0.2, -0.15) is 5.10 Å². The minimum Gasteiger partial charge on any atom is -0.482 e. The lowest BCUT2D eigenvalue weighted by Crippen LogP contribution is -2.30. The standard InChI is InChI=1S/C20H19Cl2N3O2/c1-24(20(26)14-27-19-8-7-17(21)9-18(19)22)11-16-10-23-25(13-16)12-15-5-3-2-4-6-15/h2-10,13H,11-12,14H2,1H3. The molecule has 2 aromatic carbocycles. The van der Waals surface area contributed by atoms with Gasteiger partial charge < -0.3 is 9.64 Å². The second-order valence-corrected chi connectivity index (χ2v) is 6.99. The van der Waals surface area contributed by atoms with Gasteiger partial charge in [0.25, 0.3) is 5.91 Å². The molecule has 0 aliphatic heterocycles. The summed E-state index contributed by atoms with van der Waals surface area (Å²) in [5.74, 6) is 0.273. The van der Waals surface area contributed by atoms with Crippen LogP contribution in [-0.2, 0) is 17.9 Å². The number of hydrogen-bond acceptors (Lipinski definition) is 3. The fraction of sp³-hybridized carbons (Fsp3) is 0.200. The molecule has 5 nitrogen and oxygen atoms in total. The van der Waals surface area contributed by atoms with E-state index in [1.807, 2.05) is 29.1 Å². The van der Waals surface area contributed by atoms with E-state index in [4.69, 9.17) is 27.9 Å². The zero-order chi connectivity index (χ0) is 19.2. The number of benzene rings is 2. The van der Waals surface area contributed by atoms with Gasteiger partial charge in [-0.3, -0.25) is 9.48 Å². The summed E-state index contributed by atoms with van der Waals surface area (Å²) in [6.45, 7) is 1.04. The maximum absolute atomic E-state index is 12.3. The van der Waals surface area contributed by atoms with Crippen molar-refractivity contribution in [2.24, 2.45) is 0 Å². The Balaban J connectivity index is 1.52. The maximum Gasteiger partial charge on any atom is 0.260 e. The molecule has 7 heteroatoms. The van der Waals surface area contributed by atoms with E-state index in [1.54, 1.807) is 36.3 Å². The van der Waals surface area contributed by atoms with Crippen LogP contribution in [0, 0.1) is 0 Å². The van der Waals surface area contributed by atoms with Crippen LogP contribution in [0.3, 0.4) is 0 Å². The van der Waals surface area contributed by atoms with E-state index >= 15 is 0 Å². The molecule has 140 valence electrons. The third-order valence-corrected chi connectivity index (χ3v) is 4.50. The molecule has 0 bridgehead atoms. The molecule has 1 aromatic heterocycles. The number of amides is 1. The third-order valence-electron chi connectivity index (χ3n) is 3.96. The SMILES string of the molecule is CN(Cc1cnn(Cc2ccccc2)c1)C(=O)COc1ccc(Cl)cc1Cl. The molecule has 0 saturated heterocycles. The molecule has 0 saturated carbocycles. The zero-order valence-electron chi connectivity index (χ0n) is 14.8. The molecule has 0 aliphatic rings. The van der Waals surface area contributed by atoms with Crippen molar-refractivity contribution >= 4 is 29.1 Å². The molecule has 3 aromatic rings. The van der Waals surface area contributed by atoms with Gasteiger partial charge in [0.1, 0.15) is 5.75 Å². The Morgan fingerprint density at radius 3 is 2.67 bits per heavy atom. The summed E-state index contributed by atoms with van der Waals surface area (Å²) in [5, 5.41) is 5.25. The average molecular weight is 404 g/mol. The predicted molar refractivity (Wildman–Crippen MR) is 106 cm³/mol. The van der Waals surface area contributed by atoms with Gasteiger partial charge in [-0.25, -0.2) is 0 Å². The number of carbonyl (C=O) groups is 1. The first-order valence-electron chi connectivity index (χ1n) is 8.38. The number of ether oxygens (including phenoxy) is 1. The summed E-state index contributed by atoms with van der Waals surface area (Å²) in [4.78, 5) is 13.9. The first-order valence-corrected chi connectivity index (χ1v) is 9.14. The van der Waals surface area contributed by atoms with Gasteiger partial charge in [-0.15, -0.1) is 0 Å². The molecule has 1 heterocycles. The molecule has 3 rings (SSSR count). The van der Waals surface area contributed by atoms with Gasteiger partial charge in [0.15, 0.2) is 6.61 Å². The molecule has 0 spiro atoms. The van der Waals surface area contributed by atoms with E-state index in [1.165, 1.54) is 5.56 Å². The van der Waals surface area contributed by atoms with Crippen molar-refractivity contribution in [3.05, 3.63) is 82.1 Å². The van der Waals surface area contributed by atoms with Crippen molar-refractivity contribution in [3.63, 3.8) is 0 Å². The van der Waals surface area contributed by atoms with Gasteiger partial charge in [-0.1, -0.05) is 53.5 Å². The van der Waals surface area contributed by atoms with Gasteiger partial charge in [0.2, 0.25) is 0 Å². The third kappa shape index (κ3) is 5.49. The first-order chi connectivity index (χ1) is 13.0. The fourth-order valence-corrected chi connectivity index (χ4v) is 3.01. The minimum atomic E-state index is -0.156. The van der Waals surface area contributed by atoms with E-state index in [-0.39, 0.29) is 12.5 Å². The number of aromatic nitrogens is 2. The van der Waals surface area contributed by atoms with Crippen LogP contribution in [0.4, 0.5) is 0 Å². The van der Waals surface area contributed by atoms with Gasteiger partial charge in [-0.05, 0) is 23.8 Å².